The van der Waals surface area contributed by atoms with Crippen molar-refractivity contribution in [2.45, 2.75) is 168 Å². The molecule has 0 fully saturated rings. The van der Waals surface area contributed by atoms with E-state index in [0.717, 1.165) is 117 Å². The van der Waals surface area contributed by atoms with Crippen LogP contribution in [0.1, 0.15) is 168 Å². The predicted molar refractivity (Wildman–Crippen MR) is 224 cm³/mol. The van der Waals surface area contributed by atoms with Gasteiger partial charge in [-0.3, -0.25) is 0 Å². The second-order valence-electron chi connectivity index (χ2n) is 14.2. The van der Waals surface area contributed by atoms with Gasteiger partial charge in [-0.15, -0.1) is 12.4 Å². The Morgan fingerprint density at radius 2 is 0.529 bits per heavy atom. The Bertz CT molecular complexity index is 829. The maximum Gasteiger partial charge on any atom is 0.211 e. The van der Waals surface area contributed by atoms with Gasteiger partial charge < -0.3 is 21.3 Å². The highest BCUT2D eigenvalue weighted by molar-refractivity contribution is 7.89. The quantitative estimate of drug-likeness (QED) is 0.0363. The molecular weight excluding hydrogens is 704 g/mol. The molecule has 0 rings (SSSR count). The summed E-state index contributed by atoms with van der Waals surface area (Å²) in [6.45, 7) is 13.3. The zero-order valence-corrected chi connectivity index (χ0v) is 35.8. The molecule has 10 nitrogen and oxygen atoms in total. The lowest BCUT2D eigenvalue weighted by molar-refractivity contribution is 0.535. The van der Waals surface area contributed by atoms with Crippen molar-refractivity contribution in [2.75, 3.05) is 77.0 Å². The Morgan fingerprint density at radius 3 is 0.843 bits per heavy atom. The van der Waals surface area contributed by atoms with E-state index in [1.54, 1.807) is 0 Å². The monoisotopic (exact) mass is 789 g/mol. The lowest BCUT2D eigenvalue weighted by atomic mass is 10.1. The summed E-state index contributed by atoms with van der Waals surface area (Å²) in [5, 5.41) is 13.9. The van der Waals surface area contributed by atoms with Gasteiger partial charge in [0.25, 0.3) is 0 Å². The standard InChI is InChI=1S/C38H84N6O4S2.ClH/c1-3-5-7-9-11-13-17-21-37-49(45,46)43-35-25-33-41-31-23-29-39-27-19-15-16-20-28-40-30-24-32-42-34-26-36-44-50(47,48)38-22-18-14-12-10-8-6-4-2;/h39-44H,3-38H2,1-2H3;1H. The Labute approximate surface area is 323 Å². The van der Waals surface area contributed by atoms with Crippen LogP contribution in [0.25, 0.3) is 0 Å². The average molecular weight is 790 g/mol. The maximum atomic E-state index is 12.1. The molecule has 0 aliphatic heterocycles. The minimum Gasteiger partial charge on any atom is -0.317 e. The van der Waals surface area contributed by atoms with Gasteiger partial charge in [-0.2, -0.15) is 0 Å². The van der Waals surface area contributed by atoms with Crippen molar-refractivity contribution >= 4 is 32.5 Å². The molecule has 0 atom stereocenters. The van der Waals surface area contributed by atoms with Gasteiger partial charge in [-0.05, 0) is 104 Å². The van der Waals surface area contributed by atoms with E-state index in [2.05, 4.69) is 44.6 Å². The average Bonchev–Trinajstić information content (AvgIpc) is 3.09. The molecule has 0 saturated heterocycles. The second kappa shape index (κ2) is 41.1. The van der Waals surface area contributed by atoms with Gasteiger partial charge in [0, 0.05) is 13.1 Å². The minimum atomic E-state index is -3.13. The summed E-state index contributed by atoms with van der Waals surface area (Å²) in [5.41, 5.74) is 0. The van der Waals surface area contributed by atoms with E-state index >= 15 is 0 Å². The zero-order chi connectivity index (χ0) is 36.7. The molecular formula is C38H85ClN6O4S2. The molecule has 310 valence electrons. The first-order chi connectivity index (χ1) is 24.3. The normalized spacial score (nSPS) is 12.0. The summed E-state index contributed by atoms with van der Waals surface area (Å²) in [6, 6.07) is 0. The highest BCUT2D eigenvalue weighted by atomic mass is 35.5. The second-order valence-corrected chi connectivity index (χ2v) is 18.1. The van der Waals surface area contributed by atoms with Gasteiger partial charge in [-0.1, -0.05) is 117 Å². The number of hydrogen-bond donors (Lipinski definition) is 6. The van der Waals surface area contributed by atoms with Gasteiger partial charge in [0.05, 0.1) is 11.5 Å². The summed E-state index contributed by atoms with van der Waals surface area (Å²) in [5.74, 6) is 0.517. The Kier molecular flexibility index (Phi) is 42.8. The number of hydrogen-bond acceptors (Lipinski definition) is 8. The molecule has 0 aromatic heterocycles. The zero-order valence-electron chi connectivity index (χ0n) is 33.3. The van der Waals surface area contributed by atoms with Gasteiger partial charge >= 0.3 is 0 Å². The van der Waals surface area contributed by atoms with Crippen LogP contribution in [0.3, 0.4) is 0 Å². The van der Waals surface area contributed by atoms with E-state index in [1.165, 1.54) is 89.9 Å². The Morgan fingerprint density at radius 1 is 0.294 bits per heavy atom. The third kappa shape index (κ3) is 44.2. The van der Waals surface area contributed by atoms with Crippen molar-refractivity contribution in [3.63, 3.8) is 0 Å². The molecule has 0 bridgehead atoms. The highest BCUT2D eigenvalue weighted by Crippen LogP contribution is 2.10. The molecule has 0 aromatic rings. The number of rotatable bonds is 43. The van der Waals surface area contributed by atoms with Gasteiger partial charge in [0.1, 0.15) is 0 Å². The van der Waals surface area contributed by atoms with Gasteiger partial charge in [0.15, 0.2) is 0 Å². The van der Waals surface area contributed by atoms with Crippen LogP contribution in [0.5, 0.6) is 0 Å². The summed E-state index contributed by atoms with van der Waals surface area (Å²) in [7, 11) is -6.25. The molecule has 6 N–H and O–H groups in total. The number of sulfonamides is 2. The fraction of sp³-hybridized carbons (Fsp3) is 1.00. The fourth-order valence-electron chi connectivity index (χ4n) is 5.91. The fourth-order valence-corrected chi connectivity index (χ4v) is 8.28. The molecule has 0 saturated carbocycles. The molecule has 0 unspecified atom stereocenters. The smallest absolute Gasteiger partial charge is 0.211 e. The van der Waals surface area contributed by atoms with Crippen LogP contribution in [0.2, 0.25) is 0 Å². The van der Waals surface area contributed by atoms with Crippen LogP contribution in [0.4, 0.5) is 0 Å². The van der Waals surface area contributed by atoms with E-state index in [-0.39, 0.29) is 23.9 Å². The Balaban J connectivity index is 0. The lowest BCUT2D eigenvalue weighted by Crippen LogP contribution is -2.30. The number of unbranched alkanes of at least 4 members (excludes halogenated alkanes) is 17. The molecule has 0 radical (unpaired) electrons. The highest BCUT2D eigenvalue weighted by Gasteiger charge is 2.09. The summed E-state index contributed by atoms with van der Waals surface area (Å²) in [4.78, 5) is 0. The lowest BCUT2D eigenvalue weighted by Gasteiger charge is -2.09. The van der Waals surface area contributed by atoms with E-state index in [9.17, 15) is 16.8 Å². The summed E-state index contributed by atoms with van der Waals surface area (Å²) in [6.07, 6.45) is 27.4. The van der Waals surface area contributed by atoms with Crippen LogP contribution in [0.15, 0.2) is 0 Å². The summed E-state index contributed by atoms with van der Waals surface area (Å²) < 4.78 is 54.0. The molecule has 0 aliphatic carbocycles. The molecule has 51 heavy (non-hydrogen) atoms. The Hall–Kier alpha value is -0.0500. The van der Waals surface area contributed by atoms with Crippen molar-refractivity contribution in [1.82, 2.24) is 30.7 Å². The van der Waals surface area contributed by atoms with E-state index in [1.807, 2.05) is 0 Å². The van der Waals surface area contributed by atoms with Crippen LogP contribution >= 0.6 is 12.4 Å². The summed E-state index contributed by atoms with van der Waals surface area (Å²) >= 11 is 0. The molecule has 0 amide bonds. The van der Waals surface area contributed by atoms with Gasteiger partial charge in [-0.25, -0.2) is 26.3 Å². The van der Waals surface area contributed by atoms with Gasteiger partial charge in [0.2, 0.25) is 20.0 Å². The van der Waals surface area contributed by atoms with Crippen molar-refractivity contribution < 1.29 is 16.8 Å². The SMILES string of the molecule is CCCCCCCCCCS(=O)(=O)NCCCNCCCNCCCCCCNCCCNCCCNS(=O)(=O)CCCCCCCCCC.Cl. The van der Waals surface area contributed by atoms with Crippen LogP contribution in [0, 0.1) is 0 Å². The molecule has 0 aromatic carbocycles. The number of halogens is 1. The maximum absolute atomic E-state index is 12.1. The third-order valence-corrected chi connectivity index (χ3v) is 12.0. The topological polar surface area (TPSA) is 140 Å². The van der Waals surface area contributed by atoms with Crippen molar-refractivity contribution in [1.29, 1.82) is 0 Å². The van der Waals surface area contributed by atoms with Crippen LogP contribution in [-0.2, 0) is 20.0 Å². The minimum absolute atomic E-state index is 0. The molecule has 0 aliphatic rings. The first-order valence-corrected chi connectivity index (χ1v) is 24.4. The van der Waals surface area contributed by atoms with Crippen LogP contribution < -0.4 is 30.7 Å². The third-order valence-electron chi connectivity index (χ3n) is 9.11. The van der Waals surface area contributed by atoms with Crippen molar-refractivity contribution in [3.8, 4) is 0 Å². The molecule has 13 heteroatoms. The molecule has 0 spiro atoms. The predicted octanol–water partition coefficient (Wildman–Crippen LogP) is 7.01. The largest absolute Gasteiger partial charge is 0.317 e. The van der Waals surface area contributed by atoms with Crippen molar-refractivity contribution in [3.05, 3.63) is 0 Å². The first kappa shape index (κ1) is 53.1. The molecule has 0 heterocycles. The number of nitrogens with one attached hydrogen (secondary N) is 6. The van der Waals surface area contributed by atoms with Crippen molar-refractivity contribution in [2.24, 2.45) is 0 Å². The van der Waals surface area contributed by atoms with E-state index in [0.29, 0.717) is 13.1 Å². The van der Waals surface area contributed by atoms with E-state index in [4.69, 9.17) is 0 Å². The first-order valence-electron chi connectivity index (χ1n) is 21.1. The van der Waals surface area contributed by atoms with Crippen LogP contribution in [-0.4, -0.2) is 93.8 Å². The van der Waals surface area contributed by atoms with E-state index < -0.39 is 20.0 Å².